The SMILES string of the molecule is CCOc1cccc([C@@H](CC2CC2)N2CCNCC2)c1O.Cl.Cl. The number of para-hydroxylation sites is 1. The monoisotopic (exact) mass is 362 g/mol. The number of phenols is 1. The van der Waals surface area contributed by atoms with Crippen molar-refractivity contribution in [2.75, 3.05) is 32.8 Å². The minimum atomic E-state index is 0. The molecule has 1 aromatic rings. The number of rotatable bonds is 6. The maximum Gasteiger partial charge on any atom is 0.162 e. The summed E-state index contributed by atoms with van der Waals surface area (Å²) < 4.78 is 5.55. The van der Waals surface area contributed by atoms with Crippen molar-refractivity contribution in [2.24, 2.45) is 5.92 Å². The molecule has 1 saturated heterocycles. The molecular formula is C17H28Cl2N2O2. The molecule has 0 bridgehead atoms. The molecule has 3 rings (SSSR count). The molecule has 132 valence electrons. The average molecular weight is 363 g/mol. The van der Waals surface area contributed by atoms with Crippen LogP contribution in [0.25, 0.3) is 0 Å². The molecule has 1 aromatic carbocycles. The van der Waals surface area contributed by atoms with Crippen LogP contribution in [0, 0.1) is 5.92 Å². The van der Waals surface area contributed by atoms with Crippen LogP contribution in [0.4, 0.5) is 0 Å². The van der Waals surface area contributed by atoms with Crippen LogP contribution in [0.5, 0.6) is 11.5 Å². The second kappa shape index (κ2) is 9.58. The van der Waals surface area contributed by atoms with Gasteiger partial charge in [-0.3, -0.25) is 4.90 Å². The van der Waals surface area contributed by atoms with E-state index in [0.29, 0.717) is 24.1 Å². The molecule has 0 radical (unpaired) electrons. The van der Waals surface area contributed by atoms with E-state index in [9.17, 15) is 5.11 Å². The van der Waals surface area contributed by atoms with Crippen LogP contribution in [0.1, 0.15) is 37.8 Å². The van der Waals surface area contributed by atoms with Crippen molar-refractivity contribution in [3.05, 3.63) is 23.8 Å². The summed E-state index contributed by atoms with van der Waals surface area (Å²) in [4.78, 5) is 2.51. The Bertz CT molecular complexity index is 478. The van der Waals surface area contributed by atoms with E-state index < -0.39 is 0 Å². The summed E-state index contributed by atoms with van der Waals surface area (Å²) in [5, 5.41) is 14.0. The summed E-state index contributed by atoms with van der Waals surface area (Å²) in [6, 6.07) is 6.24. The second-order valence-corrected chi connectivity index (χ2v) is 6.11. The zero-order chi connectivity index (χ0) is 14.7. The fourth-order valence-corrected chi connectivity index (χ4v) is 3.22. The van der Waals surface area contributed by atoms with Crippen molar-refractivity contribution in [2.45, 2.75) is 32.2 Å². The maximum atomic E-state index is 10.6. The standard InChI is InChI=1S/C17H26N2O2.2ClH/c1-2-21-16-5-3-4-14(17(16)20)15(12-13-6-7-13)19-10-8-18-9-11-19;;/h3-5,13,15,18,20H,2,6-12H2,1H3;2*1H/t15-;;/m1../s1. The molecule has 0 unspecified atom stereocenters. The fraction of sp³-hybridized carbons (Fsp3) is 0.647. The van der Waals surface area contributed by atoms with Crippen molar-refractivity contribution in [1.29, 1.82) is 0 Å². The van der Waals surface area contributed by atoms with Crippen molar-refractivity contribution in [3.8, 4) is 11.5 Å². The number of ether oxygens (including phenoxy) is 1. The lowest BCUT2D eigenvalue weighted by molar-refractivity contribution is 0.157. The largest absolute Gasteiger partial charge is 0.504 e. The molecule has 2 N–H and O–H groups in total. The van der Waals surface area contributed by atoms with Gasteiger partial charge in [0.05, 0.1) is 6.61 Å². The smallest absolute Gasteiger partial charge is 0.162 e. The van der Waals surface area contributed by atoms with E-state index >= 15 is 0 Å². The van der Waals surface area contributed by atoms with Crippen molar-refractivity contribution < 1.29 is 9.84 Å². The summed E-state index contributed by atoms with van der Waals surface area (Å²) in [5.41, 5.74) is 1.04. The van der Waals surface area contributed by atoms with Crippen LogP contribution in [-0.4, -0.2) is 42.8 Å². The van der Waals surface area contributed by atoms with Crippen LogP contribution >= 0.6 is 24.8 Å². The van der Waals surface area contributed by atoms with Gasteiger partial charge < -0.3 is 15.2 Å². The van der Waals surface area contributed by atoms with E-state index in [1.54, 1.807) is 0 Å². The summed E-state index contributed by atoms with van der Waals surface area (Å²) in [6.45, 7) is 6.70. The highest BCUT2D eigenvalue weighted by Crippen LogP contribution is 2.44. The summed E-state index contributed by atoms with van der Waals surface area (Å²) in [5.74, 6) is 1.79. The van der Waals surface area contributed by atoms with E-state index in [1.807, 2.05) is 19.1 Å². The molecule has 1 atom stereocenters. The third kappa shape index (κ3) is 5.15. The van der Waals surface area contributed by atoms with Gasteiger partial charge in [0.25, 0.3) is 0 Å². The lowest BCUT2D eigenvalue weighted by Crippen LogP contribution is -2.45. The molecule has 1 heterocycles. The fourth-order valence-electron chi connectivity index (χ4n) is 3.22. The van der Waals surface area contributed by atoms with Gasteiger partial charge in [-0.1, -0.05) is 25.0 Å². The Morgan fingerprint density at radius 1 is 1.26 bits per heavy atom. The predicted octanol–water partition coefficient (Wildman–Crippen LogP) is 3.38. The first-order chi connectivity index (χ1) is 10.3. The number of nitrogens with zero attached hydrogens (tertiary/aromatic N) is 1. The molecule has 4 nitrogen and oxygen atoms in total. The number of phenolic OH excluding ortho intramolecular Hbond substituents is 1. The topological polar surface area (TPSA) is 44.7 Å². The van der Waals surface area contributed by atoms with Gasteiger partial charge >= 0.3 is 0 Å². The average Bonchev–Trinajstić information content (AvgIpc) is 3.33. The second-order valence-electron chi connectivity index (χ2n) is 6.11. The highest BCUT2D eigenvalue weighted by atomic mass is 35.5. The number of piperazine rings is 1. The van der Waals surface area contributed by atoms with Crippen LogP contribution in [-0.2, 0) is 0 Å². The Kier molecular flexibility index (Phi) is 8.48. The lowest BCUT2D eigenvalue weighted by atomic mass is 9.97. The Morgan fingerprint density at radius 3 is 2.57 bits per heavy atom. The summed E-state index contributed by atoms with van der Waals surface area (Å²) in [7, 11) is 0. The van der Waals surface area contributed by atoms with Gasteiger partial charge in [0.1, 0.15) is 0 Å². The first kappa shape index (κ1) is 20.4. The lowest BCUT2D eigenvalue weighted by Gasteiger charge is -2.35. The van der Waals surface area contributed by atoms with Gasteiger partial charge in [0.15, 0.2) is 11.5 Å². The van der Waals surface area contributed by atoms with Crippen LogP contribution in [0.15, 0.2) is 18.2 Å². The molecule has 1 aliphatic carbocycles. The summed E-state index contributed by atoms with van der Waals surface area (Å²) >= 11 is 0. The molecule has 23 heavy (non-hydrogen) atoms. The van der Waals surface area contributed by atoms with Crippen LogP contribution in [0.2, 0.25) is 0 Å². The van der Waals surface area contributed by atoms with Gasteiger partial charge in [-0.25, -0.2) is 0 Å². The highest BCUT2D eigenvalue weighted by molar-refractivity contribution is 5.85. The number of hydrogen-bond donors (Lipinski definition) is 2. The van der Waals surface area contributed by atoms with E-state index in [-0.39, 0.29) is 24.8 Å². The molecule has 6 heteroatoms. The molecule has 1 saturated carbocycles. The Morgan fingerprint density at radius 2 is 1.96 bits per heavy atom. The number of hydrogen-bond acceptors (Lipinski definition) is 4. The Labute approximate surface area is 151 Å². The van der Waals surface area contributed by atoms with Gasteiger partial charge in [-0.15, -0.1) is 24.8 Å². The molecule has 2 fully saturated rings. The minimum absolute atomic E-state index is 0. The quantitative estimate of drug-likeness (QED) is 0.813. The van der Waals surface area contributed by atoms with E-state index in [1.165, 1.54) is 12.8 Å². The van der Waals surface area contributed by atoms with Gasteiger partial charge in [0.2, 0.25) is 0 Å². The van der Waals surface area contributed by atoms with E-state index in [2.05, 4.69) is 16.3 Å². The zero-order valence-corrected chi connectivity index (χ0v) is 15.3. The number of nitrogens with one attached hydrogen (secondary N) is 1. The van der Waals surface area contributed by atoms with Gasteiger partial charge in [-0.05, 0) is 25.3 Å². The molecule has 0 spiro atoms. The first-order valence-corrected chi connectivity index (χ1v) is 8.19. The van der Waals surface area contributed by atoms with E-state index in [0.717, 1.165) is 44.1 Å². The van der Waals surface area contributed by atoms with Crippen LogP contribution < -0.4 is 10.1 Å². The van der Waals surface area contributed by atoms with Crippen molar-refractivity contribution in [1.82, 2.24) is 10.2 Å². The van der Waals surface area contributed by atoms with Crippen molar-refractivity contribution >= 4 is 24.8 Å². The van der Waals surface area contributed by atoms with Gasteiger partial charge in [-0.2, -0.15) is 0 Å². The number of benzene rings is 1. The maximum absolute atomic E-state index is 10.6. The normalized spacial score (nSPS) is 19.3. The zero-order valence-electron chi connectivity index (χ0n) is 13.7. The van der Waals surface area contributed by atoms with Gasteiger partial charge in [0, 0.05) is 37.8 Å². The van der Waals surface area contributed by atoms with Crippen molar-refractivity contribution in [3.63, 3.8) is 0 Å². The number of aromatic hydroxyl groups is 1. The number of halogens is 2. The molecule has 0 aromatic heterocycles. The molecule has 1 aliphatic heterocycles. The van der Waals surface area contributed by atoms with Crippen LogP contribution in [0.3, 0.4) is 0 Å². The third-order valence-electron chi connectivity index (χ3n) is 4.53. The summed E-state index contributed by atoms with van der Waals surface area (Å²) in [6.07, 6.45) is 3.84. The molecule has 2 aliphatic rings. The Hall–Kier alpha value is -0.680. The molecule has 0 amide bonds. The molecular weight excluding hydrogens is 335 g/mol. The highest BCUT2D eigenvalue weighted by Gasteiger charge is 2.32. The van der Waals surface area contributed by atoms with E-state index in [4.69, 9.17) is 4.74 Å². The minimum Gasteiger partial charge on any atom is -0.504 e. The Balaban J connectivity index is 0.00000132. The first-order valence-electron chi connectivity index (χ1n) is 8.19. The predicted molar refractivity (Wildman–Crippen MR) is 98.3 cm³/mol. The third-order valence-corrected chi connectivity index (χ3v) is 4.53.